The van der Waals surface area contributed by atoms with E-state index in [2.05, 4.69) is 31.1 Å². The summed E-state index contributed by atoms with van der Waals surface area (Å²) < 4.78 is 77.1. The van der Waals surface area contributed by atoms with Crippen LogP contribution in [-0.2, 0) is 39.4 Å². The minimum atomic E-state index is -5.06. The molecule has 27 heteroatoms. The van der Waals surface area contributed by atoms with E-state index in [0.717, 1.165) is 36.4 Å². The first-order chi connectivity index (χ1) is 28.0. The average Bonchev–Trinajstić information content (AvgIpc) is 3.15. The van der Waals surface area contributed by atoms with Crippen LogP contribution >= 0.6 is 0 Å². The van der Waals surface area contributed by atoms with Crippen molar-refractivity contribution >= 4 is 138 Å². The van der Waals surface area contributed by atoms with Crippen LogP contribution < -0.4 is 20.1 Å². The SMILES string of the molecule is COc1ccc(NC(=O)CC(C)=O)c(N=Nc2ccc(S(=O)(=O)[O-])c([N+](=O)[O-])c2)c1.COc1ccc(NC(=O)CC(C)=O)c(N=Nc2ccc(S(=O)(=O)[O-])c([N+](=O)[O-])c2)c1.[Ba+2]. The van der Waals surface area contributed by atoms with Gasteiger partial charge in [-0.3, -0.25) is 39.4 Å². The van der Waals surface area contributed by atoms with Gasteiger partial charge in [-0.25, -0.2) is 16.8 Å². The first kappa shape index (κ1) is 51.3. The molecular weight excluding hydrogens is 978 g/mol. The molecule has 0 fully saturated rings. The second-order valence-electron chi connectivity index (χ2n) is 11.7. The number of carbonyl (C=O) groups excluding carboxylic acids is 4. The van der Waals surface area contributed by atoms with Crippen molar-refractivity contribution in [2.24, 2.45) is 20.5 Å². The number of Topliss-reactive ketones (excluding diaryl/α,β-unsaturated/α-hetero) is 2. The molecule has 0 radical (unpaired) electrons. The van der Waals surface area contributed by atoms with E-state index in [9.17, 15) is 65.3 Å². The third-order valence-electron chi connectivity index (χ3n) is 7.14. The average molecular weight is 1010 g/mol. The van der Waals surface area contributed by atoms with Gasteiger partial charge in [0.15, 0.2) is 0 Å². The van der Waals surface area contributed by atoms with Crippen LogP contribution in [0, 0.1) is 20.2 Å². The smallest absolute Gasteiger partial charge is 0.744 e. The van der Waals surface area contributed by atoms with Gasteiger partial charge in [-0.05, 0) is 62.4 Å². The predicted molar refractivity (Wildman–Crippen MR) is 210 cm³/mol. The van der Waals surface area contributed by atoms with E-state index in [1.807, 2.05) is 0 Å². The van der Waals surface area contributed by atoms with Crippen LogP contribution in [0.3, 0.4) is 0 Å². The summed E-state index contributed by atoms with van der Waals surface area (Å²) in [5.74, 6) is -1.11. The Kier molecular flexibility index (Phi) is 19.1. The topological polar surface area (TPSA) is 361 Å². The van der Waals surface area contributed by atoms with Gasteiger partial charge < -0.3 is 29.2 Å². The fourth-order valence-corrected chi connectivity index (χ4v) is 5.81. The number of ether oxygens (including phenoxy) is 2. The zero-order valence-electron chi connectivity index (χ0n) is 32.1. The molecule has 0 aliphatic heterocycles. The van der Waals surface area contributed by atoms with Crippen LogP contribution in [0.4, 0.5) is 45.5 Å². The van der Waals surface area contributed by atoms with Crippen molar-refractivity contribution in [1.29, 1.82) is 0 Å². The Morgan fingerprint density at radius 3 is 1.21 bits per heavy atom. The summed E-state index contributed by atoms with van der Waals surface area (Å²) in [6.07, 6.45) is -0.695. The third kappa shape index (κ3) is 15.9. The summed E-state index contributed by atoms with van der Waals surface area (Å²) >= 11 is 0. The summed E-state index contributed by atoms with van der Waals surface area (Å²) in [5, 5.41) is 42.5. The molecule has 0 aliphatic rings. The summed E-state index contributed by atoms with van der Waals surface area (Å²) in [7, 11) is -7.32. The fourth-order valence-electron chi connectivity index (χ4n) is 4.56. The first-order valence-electron chi connectivity index (χ1n) is 16.3. The van der Waals surface area contributed by atoms with Crippen molar-refractivity contribution in [2.75, 3.05) is 24.9 Å². The number of nitrogens with one attached hydrogen (secondary N) is 2. The van der Waals surface area contributed by atoms with Crippen LogP contribution in [0.1, 0.15) is 26.7 Å². The molecule has 0 unspecified atom stereocenters. The van der Waals surface area contributed by atoms with Gasteiger partial charge in [0, 0.05) is 24.3 Å². The first-order valence-corrected chi connectivity index (χ1v) is 19.1. The Labute approximate surface area is 385 Å². The van der Waals surface area contributed by atoms with E-state index in [0.29, 0.717) is 11.5 Å². The number of hydrogen-bond donors (Lipinski definition) is 2. The standard InChI is InChI=1S/2C17H16N4O8S.Ba/c2*1-10(22)7-17(23)18-13-5-4-12(29-2)9-14(13)20-19-11-3-6-16(30(26,27)28)15(8-11)21(24)25;/h2*3-6,8-9H,7H2,1-2H3,(H,18,23)(H,26,27,28);/q;;+2/p-2. The number of benzene rings is 4. The largest absolute Gasteiger partial charge is 2.00 e. The number of anilines is 2. The van der Waals surface area contributed by atoms with E-state index in [-0.39, 0.29) is 107 Å². The number of rotatable bonds is 16. The molecule has 0 aliphatic carbocycles. The molecule has 316 valence electrons. The molecule has 4 rings (SSSR count). The van der Waals surface area contributed by atoms with Gasteiger partial charge in [0.2, 0.25) is 11.8 Å². The second kappa shape index (κ2) is 22.7. The van der Waals surface area contributed by atoms with Crippen LogP contribution in [0.2, 0.25) is 0 Å². The van der Waals surface area contributed by atoms with E-state index < -0.39 is 63.1 Å². The maximum Gasteiger partial charge on any atom is 2.00 e. The minimum Gasteiger partial charge on any atom is -0.744 e. The van der Waals surface area contributed by atoms with Crippen LogP contribution in [-0.4, -0.2) is 122 Å². The summed E-state index contributed by atoms with van der Waals surface area (Å²) in [4.78, 5) is 64.0. The van der Waals surface area contributed by atoms with E-state index in [4.69, 9.17) is 9.47 Å². The second-order valence-corrected chi connectivity index (χ2v) is 14.4. The number of ketones is 2. The Balaban J connectivity index is 0.000000413. The van der Waals surface area contributed by atoms with Gasteiger partial charge >= 0.3 is 48.9 Å². The Hall–Kier alpha value is -5.85. The van der Waals surface area contributed by atoms with Gasteiger partial charge in [-0.1, -0.05) is 0 Å². The third-order valence-corrected chi connectivity index (χ3v) is 8.91. The molecule has 0 spiro atoms. The number of nitro benzene ring substituents is 2. The molecule has 0 bridgehead atoms. The van der Waals surface area contributed by atoms with Crippen LogP contribution in [0.15, 0.2) is 103 Å². The molecule has 2 N–H and O–H groups in total. The van der Waals surface area contributed by atoms with Gasteiger partial charge in [-0.15, -0.1) is 10.2 Å². The number of hydrogen-bond acceptors (Lipinski definition) is 20. The number of amides is 2. The van der Waals surface area contributed by atoms with Crippen molar-refractivity contribution in [3.8, 4) is 11.5 Å². The zero-order valence-corrected chi connectivity index (χ0v) is 38.2. The number of azo groups is 2. The van der Waals surface area contributed by atoms with Crippen molar-refractivity contribution in [3.05, 3.63) is 93.0 Å². The molecule has 0 saturated carbocycles. The summed E-state index contributed by atoms with van der Waals surface area (Å²) in [5.41, 5.74) is -1.51. The number of nitrogens with zero attached hydrogens (tertiary/aromatic N) is 6. The molecule has 61 heavy (non-hydrogen) atoms. The van der Waals surface area contributed by atoms with Crippen LogP contribution in [0.25, 0.3) is 0 Å². The Morgan fingerprint density at radius 1 is 0.590 bits per heavy atom. The monoisotopic (exact) mass is 1010 g/mol. The van der Waals surface area contributed by atoms with Crippen molar-refractivity contribution in [2.45, 2.75) is 36.5 Å². The number of nitro groups is 2. The van der Waals surface area contributed by atoms with Crippen molar-refractivity contribution in [1.82, 2.24) is 0 Å². The normalized spacial score (nSPS) is 11.1. The zero-order chi connectivity index (χ0) is 44.9. The van der Waals surface area contributed by atoms with Gasteiger partial charge in [0.05, 0.1) is 59.7 Å². The fraction of sp³-hybridized carbons (Fsp3) is 0.176. The number of carbonyl (C=O) groups is 4. The minimum absolute atomic E-state index is 0. The molecule has 4 aromatic rings. The molecule has 0 heterocycles. The van der Waals surface area contributed by atoms with Gasteiger partial charge in [0.1, 0.15) is 64.5 Å². The van der Waals surface area contributed by atoms with E-state index in [1.165, 1.54) is 64.5 Å². The van der Waals surface area contributed by atoms with Gasteiger partial charge in [0.25, 0.3) is 11.4 Å². The molecule has 24 nitrogen and oxygen atoms in total. The summed E-state index contributed by atoms with van der Waals surface area (Å²) in [6.45, 7) is 2.51. The van der Waals surface area contributed by atoms with Gasteiger partial charge in [-0.2, -0.15) is 10.2 Å². The maximum absolute atomic E-state index is 11.9. The van der Waals surface area contributed by atoms with Crippen molar-refractivity contribution in [3.63, 3.8) is 0 Å². The Bertz CT molecular complexity index is 2480. The molecule has 0 atom stereocenters. The quantitative estimate of drug-likeness (QED) is 0.0359. The molecular formula is C34H30BaN8O16S2. The molecule has 4 aromatic carbocycles. The number of methoxy groups -OCH3 is 2. The predicted octanol–water partition coefficient (Wildman–Crippen LogP) is 5.30. The van der Waals surface area contributed by atoms with E-state index >= 15 is 0 Å². The molecule has 2 amide bonds. The Morgan fingerprint density at radius 2 is 0.934 bits per heavy atom. The molecule has 0 aromatic heterocycles. The summed E-state index contributed by atoms with van der Waals surface area (Å²) in [6, 6.07) is 14.0. The van der Waals surface area contributed by atoms with E-state index in [1.54, 1.807) is 0 Å². The molecule has 0 saturated heterocycles. The van der Waals surface area contributed by atoms with Crippen LogP contribution in [0.5, 0.6) is 11.5 Å². The maximum atomic E-state index is 11.9. The van der Waals surface area contributed by atoms with Crippen molar-refractivity contribution < 1.29 is 64.4 Å².